The molecule has 27 heavy (non-hydrogen) atoms. The first-order valence-electron chi connectivity index (χ1n) is 9.39. The standard InChI is InChI=1S/C21H23N3O3/c1-15-14-27-19-7-3-2-6-18(19)24(15)21(26)17-5-4-12-23(13-17)20(25)16-8-10-22-11-9-16/h2-3,6-11,15,17H,4-5,12-14H2,1H3. The molecule has 2 aromatic rings. The molecule has 0 bridgehead atoms. The maximum absolute atomic E-state index is 13.4. The lowest BCUT2D eigenvalue weighted by atomic mass is 9.94. The van der Waals surface area contributed by atoms with E-state index in [4.69, 9.17) is 4.74 Å². The van der Waals surface area contributed by atoms with Crippen molar-refractivity contribution in [1.29, 1.82) is 0 Å². The van der Waals surface area contributed by atoms with E-state index in [1.54, 1.807) is 29.4 Å². The zero-order chi connectivity index (χ0) is 18.8. The number of ether oxygens (including phenoxy) is 1. The van der Waals surface area contributed by atoms with E-state index in [0.717, 1.165) is 24.3 Å². The van der Waals surface area contributed by atoms with E-state index in [0.29, 0.717) is 25.3 Å². The number of hydrogen-bond acceptors (Lipinski definition) is 4. The second-order valence-electron chi connectivity index (χ2n) is 7.16. The van der Waals surface area contributed by atoms with Gasteiger partial charge in [0.2, 0.25) is 5.91 Å². The monoisotopic (exact) mass is 365 g/mol. The van der Waals surface area contributed by atoms with Crippen molar-refractivity contribution in [3.63, 3.8) is 0 Å². The highest BCUT2D eigenvalue weighted by Gasteiger charge is 2.36. The average Bonchev–Trinajstić information content (AvgIpc) is 2.73. The molecule has 2 aliphatic heterocycles. The minimum atomic E-state index is -0.196. The minimum absolute atomic E-state index is 0.0290. The molecule has 0 aliphatic carbocycles. The van der Waals surface area contributed by atoms with Crippen molar-refractivity contribution in [2.24, 2.45) is 5.92 Å². The van der Waals surface area contributed by atoms with Crippen LogP contribution in [0.4, 0.5) is 5.69 Å². The number of benzene rings is 1. The van der Waals surface area contributed by atoms with Crippen molar-refractivity contribution in [3.05, 3.63) is 54.4 Å². The summed E-state index contributed by atoms with van der Waals surface area (Å²) in [6.07, 6.45) is 4.86. The SMILES string of the molecule is CC1COc2ccccc2N1C(=O)C1CCCN(C(=O)c2ccncc2)C1. The van der Waals surface area contributed by atoms with Crippen molar-refractivity contribution >= 4 is 17.5 Å². The Kier molecular flexibility index (Phi) is 4.79. The van der Waals surface area contributed by atoms with Gasteiger partial charge in [-0.15, -0.1) is 0 Å². The summed E-state index contributed by atoms with van der Waals surface area (Å²) in [5.74, 6) is 0.582. The fourth-order valence-electron chi connectivity index (χ4n) is 3.87. The Labute approximate surface area is 158 Å². The molecule has 1 saturated heterocycles. The molecular weight excluding hydrogens is 342 g/mol. The van der Waals surface area contributed by atoms with Crippen LogP contribution in [0.5, 0.6) is 5.75 Å². The quantitative estimate of drug-likeness (QED) is 0.821. The summed E-state index contributed by atoms with van der Waals surface area (Å²) in [5.41, 5.74) is 1.43. The van der Waals surface area contributed by atoms with Crippen molar-refractivity contribution < 1.29 is 14.3 Å². The van der Waals surface area contributed by atoms with Crippen LogP contribution >= 0.6 is 0 Å². The van der Waals surface area contributed by atoms with Crippen LogP contribution in [-0.2, 0) is 4.79 Å². The van der Waals surface area contributed by atoms with Crippen molar-refractivity contribution in [2.45, 2.75) is 25.8 Å². The predicted molar refractivity (Wildman–Crippen MR) is 102 cm³/mol. The third-order valence-corrected chi connectivity index (χ3v) is 5.27. The number of pyridine rings is 1. The number of likely N-dealkylation sites (tertiary alicyclic amines) is 1. The molecule has 0 saturated carbocycles. The first-order valence-corrected chi connectivity index (χ1v) is 9.39. The van der Waals surface area contributed by atoms with E-state index in [2.05, 4.69) is 4.98 Å². The van der Waals surface area contributed by atoms with Crippen molar-refractivity contribution in [3.8, 4) is 5.75 Å². The summed E-state index contributed by atoms with van der Waals surface area (Å²) >= 11 is 0. The molecule has 0 N–H and O–H groups in total. The molecule has 140 valence electrons. The summed E-state index contributed by atoms with van der Waals surface area (Å²) in [6, 6.07) is 11.0. The highest BCUT2D eigenvalue weighted by Crippen LogP contribution is 2.35. The van der Waals surface area contributed by atoms with Gasteiger partial charge in [0.05, 0.1) is 17.6 Å². The summed E-state index contributed by atoms with van der Waals surface area (Å²) < 4.78 is 5.76. The van der Waals surface area contributed by atoms with Gasteiger partial charge in [-0.2, -0.15) is 0 Å². The number of rotatable bonds is 2. The predicted octanol–water partition coefficient (Wildman–Crippen LogP) is 2.75. The summed E-state index contributed by atoms with van der Waals surface area (Å²) in [5, 5.41) is 0. The highest BCUT2D eigenvalue weighted by atomic mass is 16.5. The number of aromatic nitrogens is 1. The maximum atomic E-state index is 13.4. The molecule has 3 heterocycles. The van der Waals surface area contributed by atoms with Crippen LogP contribution in [0.25, 0.3) is 0 Å². The summed E-state index contributed by atoms with van der Waals surface area (Å²) in [4.78, 5) is 33.7. The van der Waals surface area contributed by atoms with E-state index in [1.807, 2.05) is 36.1 Å². The molecule has 0 spiro atoms. The highest BCUT2D eigenvalue weighted by molar-refractivity contribution is 5.99. The Morgan fingerprint density at radius 3 is 2.74 bits per heavy atom. The van der Waals surface area contributed by atoms with E-state index in [9.17, 15) is 9.59 Å². The topological polar surface area (TPSA) is 62.7 Å². The van der Waals surface area contributed by atoms with Gasteiger partial charge in [0.1, 0.15) is 12.4 Å². The number of amides is 2. The second-order valence-corrected chi connectivity index (χ2v) is 7.16. The molecule has 4 rings (SSSR count). The fourth-order valence-corrected chi connectivity index (χ4v) is 3.87. The van der Waals surface area contributed by atoms with Gasteiger partial charge in [-0.3, -0.25) is 14.6 Å². The van der Waals surface area contributed by atoms with Gasteiger partial charge in [0.15, 0.2) is 0 Å². The molecule has 1 aromatic heterocycles. The molecule has 6 heteroatoms. The molecule has 2 amide bonds. The third-order valence-electron chi connectivity index (χ3n) is 5.27. The fraction of sp³-hybridized carbons (Fsp3) is 0.381. The van der Waals surface area contributed by atoms with E-state index in [1.165, 1.54) is 0 Å². The van der Waals surface area contributed by atoms with E-state index < -0.39 is 0 Å². The molecule has 1 fully saturated rings. The average molecular weight is 365 g/mol. The molecule has 0 radical (unpaired) electrons. The van der Waals surface area contributed by atoms with Gasteiger partial charge in [0.25, 0.3) is 5.91 Å². The number of nitrogens with zero attached hydrogens (tertiary/aromatic N) is 3. The third kappa shape index (κ3) is 3.39. The van der Waals surface area contributed by atoms with Gasteiger partial charge in [0, 0.05) is 31.0 Å². The molecule has 1 aromatic carbocycles. The first kappa shape index (κ1) is 17.5. The van der Waals surface area contributed by atoms with Crippen LogP contribution in [0.2, 0.25) is 0 Å². The molecule has 2 aliphatic rings. The lowest BCUT2D eigenvalue weighted by molar-refractivity contribution is -0.124. The molecule has 6 nitrogen and oxygen atoms in total. The normalized spacial score (nSPS) is 22.0. The van der Waals surface area contributed by atoms with Gasteiger partial charge < -0.3 is 14.5 Å². The van der Waals surface area contributed by atoms with Gasteiger partial charge in [-0.1, -0.05) is 12.1 Å². The zero-order valence-electron chi connectivity index (χ0n) is 15.4. The lowest BCUT2D eigenvalue weighted by Gasteiger charge is -2.39. The van der Waals surface area contributed by atoms with Gasteiger partial charge in [-0.05, 0) is 44.0 Å². The number of anilines is 1. The van der Waals surface area contributed by atoms with Crippen LogP contribution < -0.4 is 9.64 Å². The lowest BCUT2D eigenvalue weighted by Crippen LogP contribution is -2.51. The maximum Gasteiger partial charge on any atom is 0.253 e. The minimum Gasteiger partial charge on any atom is -0.489 e. The number of carbonyl (C=O) groups excluding carboxylic acids is 2. The van der Waals surface area contributed by atoms with Crippen molar-refractivity contribution in [2.75, 3.05) is 24.6 Å². The Hall–Kier alpha value is -2.89. The van der Waals surface area contributed by atoms with Crippen molar-refractivity contribution in [1.82, 2.24) is 9.88 Å². The number of carbonyl (C=O) groups is 2. The Bertz CT molecular complexity index is 840. The number of fused-ring (bicyclic) bond motifs is 1. The van der Waals surface area contributed by atoms with Crippen LogP contribution in [0.3, 0.4) is 0 Å². The smallest absolute Gasteiger partial charge is 0.253 e. The van der Waals surface area contributed by atoms with E-state index in [-0.39, 0.29) is 23.8 Å². The van der Waals surface area contributed by atoms with Crippen LogP contribution in [-0.4, -0.2) is 47.4 Å². The van der Waals surface area contributed by atoms with Crippen LogP contribution in [0.15, 0.2) is 48.8 Å². The molecular formula is C21H23N3O3. The largest absolute Gasteiger partial charge is 0.489 e. The number of piperidine rings is 1. The first-order chi connectivity index (χ1) is 13.1. The van der Waals surface area contributed by atoms with Crippen LogP contribution in [0, 0.1) is 5.92 Å². The Balaban J connectivity index is 1.53. The molecule has 2 unspecified atom stereocenters. The number of hydrogen-bond donors (Lipinski definition) is 0. The zero-order valence-corrected chi connectivity index (χ0v) is 15.4. The summed E-state index contributed by atoms with van der Waals surface area (Å²) in [7, 11) is 0. The molecule has 2 atom stereocenters. The van der Waals surface area contributed by atoms with Gasteiger partial charge >= 0.3 is 0 Å². The summed E-state index contributed by atoms with van der Waals surface area (Å²) in [6.45, 7) is 3.61. The van der Waals surface area contributed by atoms with E-state index >= 15 is 0 Å². The Morgan fingerprint density at radius 1 is 1.15 bits per heavy atom. The van der Waals surface area contributed by atoms with Gasteiger partial charge in [-0.25, -0.2) is 0 Å². The second kappa shape index (κ2) is 7.39. The van der Waals surface area contributed by atoms with Crippen LogP contribution in [0.1, 0.15) is 30.1 Å². The number of para-hydroxylation sites is 2. The Morgan fingerprint density at radius 2 is 1.93 bits per heavy atom.